The Morgan fingerprint density at radius 2 is 2.38 bits per heavy atom. The maximum absolute atomic E-state index is 5.92. The molecule has 0 aliphatic carbocycles. The van der Waals surface area contributed by atoms with E-state index in [1.165, 1.54) is 24.2 Å². The van der Waals surface area contributed by atoms with Crippen LogP contribution in [-0.4, -0.2) is 14.8 Å². The highest BCUT2D eigenvalue weighted by molar-refractivity contribution is 7.19. The molecule has 0 bridgehead atoms. The van der Waals surface area contributed by atoms with Crippen LogP contribution in [0.3, 0.4) is 0 Å². The van der Waals surface area contributed by atoms with Gasteiger partial charge in [0, 0.05) is 6.42 Å². The van der Waals surface area contributed by atoms with E-state index in [4.69, 9.17) is 11.6 Å². The van der Waals surface area contributed by atoms with Crippen molar-refractivity contribution in [3.63, 3.8) is 0 Å². The Labute approximate surface area is 103 Å². The lowest BCUT2D eigenvalue weighted by atomic mass is 10.1. The minimum absolute atomic E-state index is 0.473. The van der Waals surface area contributed by atoms with Crippen LogP contribution in [0.25, 0.3) is 10.7 Å². The van der Waals surface area contributed by atoms with Crippen LogP contribution in [-0.2, 0) is 6.42 Å². The minimum atomic E-state index is 0.473. The molecule has 3 nitrogen and oxygen atoms in total. The first-order valence-electron chi connectivity index (χ1n) is 5.45. The zero-order valence-corrected chi connectivity index (χ0v) is 10.6. The van der Waals surface area contributed by atoms with E-state index in [1.54, 1.807) is 0 Å². The number of aromatic nitrogens is 3. The molecule has 2 aromatic heterocycles. The molecular formula is C11H12ClN3S. The van der Waals surface area contributed by atoms with Crippen molar-refractivity contribution in [2.45, 2.75) is 32.2 Å². The van der Waals surface area contributed by atoms with E-state index in [-0.39, 0.29) is 0 Å². The van der Waals surface area contributed by atoms with Crippen LogP contribution in [0.5, 0.6) is 0 Å². The highest BCUT2D eigenvalue weighted by Crippen LogP contribution is 2.31. The lowest BCUT2D eigenvalue weighted by molar-refractivity contribution is 0.389. The molecule has 0 radical (unpaired) electrons. The fourth-order valence-electron chi connectivity index (χ4n) is 2.10. The smallest absolute Gasteiger partial charge is 0.191 e. The van der Waals surface area contributed by atoms with Crippen molar-refractivity contribution < 1.29 is 0 Å². The van der Waals surface area contributed by atoms with Crippen LogP contribution in [0.15, 0.2) is 12.1 Å². The van der Waals surface area contributed by atoms with Gasteiger partial charge in [-0.05, 0) is 31.9 Å². The summed E-state index contributed by atoms with van der Waals surface area (Å²) in [6, 6.07) is 4.35. The van der Waals surface area contributed by atoms with Crippen LogP contribution in [0, 0.1) is 0 Å². The molecule has 0 aromatic carbocycles. The molecule has 0 spiro atoms. The standard InChI is InChI=1S/C11H12ClN3S/c1-7-3-2-4-10-13-11(14-15(7)10)8-5-6-9(12)16-8/h5-7H,2-4H2,1H3. The molecule has 1 aliphatic rings. The number of thiophene rings is 1. The Kier molecular flexibility index (Phi) is 2.48. The molecule has 3 rings (SSSR count). The number of rotatable bonds is 1. The topological polar surface area (TPSA) is 30.7 Å². The largest absolute Gasteiger partial charge is 0.247 e. The zero-order valence-electron chi connectivity index (χ0n) is 8.98. The molecule has 0 saturated carbocycles. The molecule has 1 aliphatic heterocycles. The summed E-state index contributed by atoms with van der Waals surface area (Å²) in [4.78, 5) is 5.64. The van der Waals surface area contributed by atoms with Gasteiger partial charge in [-0.15, -0.1) is 16.4 Å². The molecule has 84 valence electrons. The first-order valence-corrected chi connectivity index (χ1v) is 6.64. The summed E-state index contributed by atoms with van der Waals surface area (Å²) in [5, 5.41) is 4.57. The van der Waals surface area contributed by atoms with Gasteiger partial charge in [-0.2, -0.15) is 0 Å². The van der Waals surface area contributed by atoms with E-state index in [9.17, 15) is 0 Å². The predicted octanol–water partition coefficient (Wildman–Crippen LogP) is 3.56. The summed E-state index contributed by atoms with van der Waals surface area (Å²) in [7, 11) is 0. The summed E-state index contributed by atoms with van der Waals surface area (Å²) >= 11 is 7.45. The maximum atomic E-state index is 5.92. The highest BCUT2D eigenvalue weighted by Gasteiger charge is 2.20. The lowest BCUT2D eigenvalue weighted by Gasteiger charge is -2.18. The maximum Gasteiger partial charge on any atom is 0.191 e. The van der Waals surface area contributed by atoms with Crippen LogP contribution in [0.4, 0.5) is 0 Å². The Balaban J connectivity index is 2.04. The Hall–Kier alpha value is -0.870. The van der Waals surface area contributed by atoms with Crippen LogP contribution in [0.2, 0.25) is 4.34 Å². The molecular weight excluding hydrogens is 242 g/mol. The minimum Gasteiger partial charge on any atom is -0.247 e. The van der Waals surface area contributed by atoms with Crippen molar-refractivity contribution in [1.29, 1.82) is 0 Å². The van der Waals surface area contributed by atoms with Crippen molar-refractivity contribution in [1.82, 2.24) is 14.8 Å². The molecule has 2 aromatic rings. The third-order valence-corrected chi connectivity index (χ3v) is 4.16. The molecule has 1 unspecified atom stereocenters. The van der Waals surface area contributed by atoms with Crippen molar-refractivity contribution >= 4 is 22.9 Å². The number of nitrogens with zero attached hydrogens (tertiary/aromatic N) is 3. The van der Waals surface area contributed by atoms with E-state index in [2.05, 4.69) is 21.7 Å². The van der Waals surface area contributed by atoms with Gasteiger partial charge in [-0.3, -0.25) is 0 Å². The fraction of sp³-hybridized carbons (Fsp3) is 0.455. The monoisotopic (exact) mass is 253 g/mol. The first-order chi connectivity index (χ1) is 7.74. The molecule has 16 heavy (non-hydrogen) atoms. The van der Waals surface area contributed by atoms with Crippen molar-refractivity contribution in [2.24, 2.45) is 0 Å². The summed E-state index contributed by atoms with van der Waals surface area (Å²) in [6.07, 6.45) is 3.45. The van der Waals surface area contributed by atoms with Crippen molar-refractivity contribution in [3.8, 4) is 10.7 Å². The van der Waals surface area contributed by atoms with E-state index in [0.717, 1.165) is 27.3 Å². The van der Waals surface area contributed by atoms with E-state index < -0.39 is 0 Å². The second kappa shape index (κ2) is 3.86. The quantitative estimate of drug-likeness (QED) is 0.778. The normalized spacial score (nSPS) is 19.8. The number of hydrogen-bond acceptors (Lipinski definition) is 3. The van der Waals surface area contributed by atoms with Gasteiger partial charge in [0.1, 0.15) is 5.82 Å². The first kappa shape index (κ1) is 10.3. The van der Waals surface area contributed by atoms with Crippen LogP contribution in [0.1, 0.15) is 31.6 Å². The average Bonchev–Trinajstić information content (AvgIpc) is 2.84. The molecule has 3 heterocycles. The zero-order chi connectivity index (χ0) is 11.1. The predicted molar refractivity (Wildman–Crippen MR) is 66.0 cm³/mol. The summed E-state index contributed by atoms with van der Waals surface area (Å²) < 4.78 is 2.85. The number of hydrogen-bond donors (Lipinski definition) is 0. The van der Waals surface area contributed by atoms with E-state index >= 15 is 0 Å². The average molecular weight is 254 g/mol. The van der Waals surface area contributed by atoms with Crippen molar-refractivity contribution in [2.75, 3.05) is 0 Å². The van der Waals surface area contributed by atoms with Gasteiger partial charge in [0.15, 0.2) is 5.82 Å². The van der Waals surface area contributed by atoms with Crippen LogP contribution < -0.4 is 0 Å². The second-order valence-corrected chi connectivity index (χ2v) is 5.86. The summed E-state index contributed by atoms with van der Waals surface area (Å²) in [5.74, 6) is 1.93. The molecule has 0 amide bonds. The van der Waals surface area contributed by atoms with E-state index in [1.807, 2.05) is 12.1 Å². The van der Waals surface area contributed by atoms with Crippen molar-refractivity contribution in [3.05, 3.63) is 22.3 Å². The second-order valence-electron chi connectivity index (χ2n) is 4.14. The van der Waals surface area contributed by atoms with Gasteiger partial charge in [-0.1, -0.05) is 11.6 Å². The third kappa shape index (κ3) is 1.66. The lowest BCUT2D eigenvalue weighted by Crippen LogP contribution is -2.16. The van der Waals surface area contributed by atoms with Gasteiger partial charge in [0.2, 0.25) is 0 Å². The Morgan fingerprint density at radius 3 is 3.06 bits per heavy atom. The van der Waals surface area contributed by atoms with Gasteiger partial charge in [0.05, 0.1) is 15.3 Å². The van der Waals surface area contributed by atoms with Gasteiger partial charge >= 0.3 is 0 Å². The highest BCUT2D eigenvalue weighted by atomic mass is 35.5. The summed E-state index contributed by atoms with van der Waals surface area (Å²) in [5.41, 5.74) is 0. The van der Waals surface area contributed by atoms with Gasteiger partial charge < -0.3 is 0 Å². The van der Waals surface area contributed by atoms with Gasteiger partial charge in [-0.25, -0.2) is 9.67 Å². The molecule has 5 heteroatoms. The Bertz CT molecular complexity index is 517. The van der Waals surface area contributed by atoms with Crippen LogP contribution >= 0.6 is 22.9 Å². The Morgan fingerprint density at radius 1 is 1.50 bits per heavy atom. The molecule has 1 atom stereocenters. The number of halogens is 1. The molecule has 0 N–H and O–H groups in total. The number of fused-ring (bicyclic) bond motifs is 1. The van der Waals surface area contributed by atoms with E-state index in [0.29, 0.717) is 6.04 Å². The molecule has 0 fully saturated rings. The third-order valence-electron chi connectivity index (χ3n) is 2.94. The molecule has 0 saturated heterocycles. The SMILES string of the molecule is CC1CCCc2nc(-c3ccc(Cl)s3)nn21. The number of aryl methyl sites for hydroxylation is 1. The fourth-order valence-corrected chi connectivity index (χ4v) is 3.07. The van der Waals surface area contributed by atoms with Gasteiger partial charge in [0.25, 0.3) is 0 Å². The summed E-state index contributed by atoms with van der Waals surface area (Å²) in [6.45, 7) is 2.20.